The molecule has 0 saturated heterocycles. The molecule has 0 radical (unpaired) electrons. The molecule has 8 heteroatoms. The lowest BCUT2D eigenvalue weighted by Crippen LogP contribution is -2.39. The number of hydrogen-bond donors (Lipinski definition) is 1. The molecule has 1 N–H and O–H groups in total. The van der Waals surface area contributed by atoms with E-state index in [1.165, 1.54) is 0 Å². The van der Waals surface area contributed by atoms with Crippen molar-refractivity contribution in [2.45, 2.75) is 19.4 Å². The van der Waals surface area contributed by atoms with Crippen LogP contribution in [0.4, 0.5) is 0 Å². The predicted octanol–water partition coefficient (Wildman–Crippen LogP) is 1.23. The van der Waals surface area contributed by atoms with Crippen LogP contribution in [0.2, 0.25) is 0 Å². The van der Waals surface area contributed by atoms with Gasteiger partial charge in [-0.15, -0.1) is 11.6 Å². The summed E-state index contributed by atoms with van der Waals surface area (Å²) in [6, 6.07) is 0. The van der Waals surface area contributed by atoms with E-state index in [4.69, 9.17) is 25.8 Å². The second kappa shape index (κ2) is 10.9. The molecule has 0 saturated carbocycles. The Morgan fingerprint density at radius 1 is 1.28 bits per heavy atom. The van der Waals surface area contributed by atoms with Crippen LogP contribution in [0, 0.1) is 17.8 Å². The minimum absolute atomic E-state index is 0.0533. The van der Waals surface area contributed by atoms with Crippen LogP contribution in [0.25, 0.3) is 0 Å². The maximum absolute atomic E-state index is 12.3. The predicted molar refractivity (Wildman–Crippen MR) is 89.7 cm³/mol. The van der Waals surface area contributed by atoms with Gasteiger partial charge in [0.2, 0.25) is 0 Å². The van der Waals surface area contributed by atoms with Gasteiger partial charge in [0.05, 0.1) is 17.7 Å². The number of carbonyl (C=O) groups excluding carboxylic acids is 3. The van der Waals surface area contributed by atoms with Crippen molar-refractivity contribution in [3.8, 4) is 0 Å². The quantitative estimate of drug-likeness (QED) is 0.162. The first-order valence-corrected chi connectivity index (χ1v) is 8.47. The van der Waals surface area contributed by atoms with E-state index in [0.717, 1.165) is 6.08 Å². The normalized spacial score (nSPS) is 23.4. The van der Waals surface area contributed by atoms with Crippen LogP contribution in [0.15, 0.2) is 24.8 Å². The van der Waals surface area contributed by atoms with Crippen LogP contribution in [-0.2, 0) is 28.6 Å². The van der Waals surface area contributed by atoms with E-state index < -0.39 is 35.8 Å². The summed E-state index contributed by atoms with van der Waals surface area (Å²) >= 11 is 5.46. The van der Waals surface area contributed by atoms with Gasteiger partial charge >= 0.3 is 17.9 Å². The molecule has 4 unspecified atom stereocenters. The van der Waals surface area contributed by atoms with Crippen molar-refractivity contribution < 1.29 is 33.7 Å². The molecule has 0 aromatic heterocycles. The van der Waals surface area contributed by atoms with Gasteiger partial charge in [-0.25, -0.2) is 4.79 Å². The number of aliphatic hydroxyl groups excluding tert-OH is 1. The Hall–Kier alpha value is -1.86. The van der Waals surface area contributed by atoms with Gasteiger partial charge in [0.25, 0.3) is 0 Å². The highest BCUT2D eigenvalue weighted by molar-refractivity contribution is 6.18. The van der Waals surface area contributed by atoms with Crippen molar-refractivity contribution in [2.24, 2.45) is 17.8 Å². The average molecular weight is 375 g/mol. The Morgan fingerprint density at radius 2 is 1.96 bits per heavy atom. The highest BCUT2D eigenvalue weighted by Crippen LogP contribution is 2.32. The average Bonchev–Trinajstić information content (AvgIpc) is 2.62. The number of ether oxygens (including phenoxy) is 3. The summed E-state index contributed by atoms with van der Waals surface area (Å²) in [7, 11) is 0. The van der Waals surface area contributed by atoms with E-state index in [0.29, 0.717) is 6.42 Å². The van der Waals surface area contributed by atoms with Crippen LogP contribution in [0.3, 0.4) is 0 Å². The molecule has 1 rings (SSSR count). The molecule has 25 heavy (non-hydrogen) atoms. The molecule has 0 aromatic rings. The molecular weight excluding hydrogens is 352 g/mol. The van der Waals surface area contributed by atoms with Crippen molar-refractivity contribution in [3.63, 3.8) is 0 Å². The molecule has 0 aromatic carbocycles. The molecule has 0 heterocycles. The Morgan fingerprint density at radius 3 is 2.60 bits per heavy atom. The van der Waals surface area contributed by atoms with Gasteiger partial charge in [0.1, 0.15) is 25.9 Å². The Balaban J connectivity index is 2.60. The molecule has 140 valence electrons. The summed E-state index contributed by atoms with van der Waals surface area (Å²) in [6.07, 6.45) is 4.04. The van der Waals surface area contributed by atoms with E-state index >= 15 is 0 Å². The Labute approximate surface area is 151 Å². The number of alkyl halides is 1. The van der Waals surface area contributed by atoms with E-state index in [1.54, 1.807) is 6.92 Å². The standard InChI is InChI=1S/C17H23ClO7/c1-3-14(20)23-7-8-24-16(21)13-6-4-5-11(2)15(13)17(22)25-10-12(19)9-18/h3-5,11-13,15,19H,1,6-10H2,2H3. The van der Waals surface area contributed by atoms with Gasteiger partial charge in [-0.3, -0.25) is 9.59 Å². The molecule has 0 amide bonds. The minimum Gasteiger partial charge on any atom is -0.463 e. The van der Waals surface area contributed by atoms with E-state index in [9.17, 15) is 19.5 Å². The smallest absolute Gasteiger partial charge is 0.330 e. The first-order chi connectivity index (χ1) is 11.9. The largest absolute Gasteiger partial charge is 0.463 e. The minimum atomic E-state index is -0.954. The summed E-state index contributed by atoms with van der Waals surface area (Å²) in [5.41, 5.74) is 0. The second-order valence-corrected chi connectivity index (χ2v) is 5.94. The first-order valence-electron chi connectivity index (χ1n) is 7.93. The number of carbonyl (C=O) groups is 3. The maximum Gasteiger partial charge on any atom is 0.330 e. The van der Waals surface area contributed by atoms with Crippen molar-refractivity contribution >= 4 is 29.5 Å². The Bertz CT molecular complexity index is 517. The van der Waals surface area contributed by atoms with Crippen LogP contribution >= 0.6 is 11.6 Å². The first kappa shape index (κ1) is 21.2. The lowest BCUT2D eigenvalue weighted by molar-refractivity contribution is -0.165. The maximum atomic E-state index is 12.3. The molecule has 0 bridgehead atoms. The van der Waals surface area contributed by atoms with Crippen molar-refractivity contribution in [3.05, 3.63) is 24.8 Å². The zero-order valence-corrected chi connectivity index (χ0v) is 14.8. The third kappa shape index (κ3) is 6.88. The summed E-state index contributed by atoms with van der Waals surface area (Å²) in [4.78, 5) is 35.5. The lowest BCUT2D eigenvalue weighted by Gasteiger charge is -2.30. The van der Waals surface area contributed by atoms with Gasteiger partial charge in [0.15, 0.2) is 0 Å². The van der Waals surface area contributed by atoms with Crippen molar-refractivity contribution in [1.29, 1.82) is 0 Å². The highest BCUT2D eigenvalue weighted by atomic mass is 35.5. The van der Waals surface area contributed by atoms with E-state index in [2.05, 4.69) is 6.58 Å². The van der Waals surface area contributed by atoms with Gasteiger partial charge in [0, 0.05) is 6.08 Å². The summed E-state index contributed by atoms with van der Waals surface area (Å²) in [5, 5.41) is 9.39. The number of aliphatic hydroxyl groups is 1. The number of hydrogen-bond acceptors (Lipinski definition) is 7. The molecular formula is C17H23ClO7. The molecule has 1 aliphatic rings. The number of rotatable bonds is 9. The zero-order valence-electron chi connectivity index (χ0n) is 14.1. The number of allylic oxidation sites excluding steroid dienone is 2. The van der Waals surface area contributed by atoms with Crippen molar-refractivity contribution in [2.75, 3.05) is 25.7 Å². The topological polar surface area (TPSA) is 99.1 Å². The third-order valence-corrected chi connectivity index (χ3v) is 4.10. The zero-order chi connectivity index (χ0) is 18.8. The van der Waals surface area contributed by atoms with Gasteiger partial charge < -0.3 is 19.3 Å². The lowest BCUT2D eigenvalue weighted by atomic mass is 9.76. The number of halogens is 1. The molecule has 1 aliphatic carbocycles. The fourth-order valence-electron chi connectivity index (χ4n) is 2.46. The van der Waals surface area contributed by atoms with E-state index in [1.807, 2.05) is 12.2 Å². The molecule has 0 spiro atoms. The monoisotopic (exact) mass is 374 g/mol. The van der Waals surface area contributed by atoms with Gasteiger partial charge in [-0.2, -0.15) is 0 Å². The SMILES string of the molecule is C=CC(=O)OCCOC(=O)C1CC=CC(C)C1C(=O)OCC(O)CCl. The van der Waals surface area contributed by atoms with Crippen LogP contribution in [-0.4, -0.2) is 54.8 Å². The van der Waals surface area contributed by atoms with Gasteiger partial charge in [-0.1, -0.05) is 25.7 Å². The second-order valence-electron chi connectivity index (χ2n) is 5.63. The molecule has 0 aliphatic heterocycles. The highest BCUT2D eigenvalue weighted by Gasteiger charge is 2.40. The molecule has 0 fully saturated rings. The van der Waals surface area contributed by atoms with E-state index in [-0.39, 0.29) is 31.6 Å². The fourth-order valence-corrected chi connectivity index (χ4v) is 2.55. The number of esters is 3. The van der Waals surface area contributed by atoms with Crippen LogP contribution < -0.4 is 0 Å². The summed E-state index contributed by atoms with van der Waals surface area (Å²) in [5.74, 6) is -3.43. The fraction of sp³-hybridized carbons (Fsp3) is 0.588. The molecule has 4 atom stereocenters. The molecule has 7 nitrogen and oxygen atoms in total. The van der Waals surface area contributed by atoms with Crippen LogP contribution in [0.1, 0.15) is 13.3 Å². The van der Waals surface area contributed by atoms with Gasteiger partial charge in [-0.05, 0) is 12.3 Å². The Kier molecular flexibility index (Phi) is 9.23. The summed E-state index contributed by atoms with van der Waals surface area (Å²) in [6.45, 7) is 4.62. The summed E-state index contributed by atoms with van der Waals surface area (Å²) < 4.78 is 14.9. The van der Waals surface area contributed by atoms with Crippen LogP contribution in [0.5, 0.6) is 0 Å². The third-order valence-electron chi connectivity index (χ3n) is 3.74. The van der Waals surface area contributed by atoms with Crippen molar-refractivity contribution in [1.82, 2.24) is 0 Å².